The number of rotatable bonds is 0. The SMILES string of the molecule is C1=CC2NCC3=CCCCC3C2C=C1. The van der Waals surface area contributed by atoms with Crippen molar-refractivity contribution in [2.75, 3.05) is 6.54 Å². The number of hydrogen-bond donors (Lipinski definition) is 1. The number of nitrogens with one attached hydrogen (secondary N) is 1. The van der Waals surface area contributed by atoms with Gasteiger partial charge in [-0.1, -0.05) is 36.0 Å². The van der Waals surface area contributed by atoms with Crippen LogP contribution < -0.4 is 5.32 Å². The largest absolute Gasteiger partial charge is 0.306 e. The van der Waals surface area contributed by atoms with Gasteiger partial charge in [0.1, 0.15) is 0 Å². The molecule has 1 N–H and O–H groups in total. The summed E-state index contributed by atoms with van der Waals surface area (Å²) in [5.74, 6) is 1.55. The zero-order valence-corrected chi connectivity index (χ0v) is 8.45. The summed E-state index contributed by atoms with van der Waals surface area (Å²) in [6.07, 6.45) is 15.6. The van der Waals surface area contributed by atoms with E-state index in [4.69, 9.17) is 0 Å². The van der Waals surface area contributed by atoms with Gasteiger partial charge >= 0.3 is 0 Å². The van der Waals surface area contributed by atoms with E-state index in [0.29, 0.717) is 6.04 Å². The number of piperidine rings is 1. The first kappa shape index (κ1) is 8.49. The molecule has 0 radical (unpaired) electrons. The predicted octanol–water partition coefficient (Wildman–Crippen LogP) is 2.43. The van der Waals surface area contributed by atoms with Crippen molar-refractivity contribution in [1.29, 1.82) is 0 Å². The van der Waals surface area contributed by atoms with Crippen LogP contribution in [0.25, 0.3) is 0 Å². The minimum Gasteiger partial charge on any atom is -0.306 e. The minimum absolute atomic E-state index is 0.597. The molecule has 0 aromatic rings. The average molecular weight is 187 g/mol. The van der Waals surface area contributed by atoms with Gasteiger partial charge in [-0.2, -0.15) is 0 Å². The molecule has 0 saturated carbocycles. The lowest BCUT2D eigenvalue weighted by atomic mass is 9.71. The predicted molar refractivity (Wildman–Crippen MR) is 59.0 cm³/mol. The molecule has 0 bridgehead atoms. The lowest BCUT2D eigenvalue weighted by molar-refractivity contribution is 0.295. The Morgan fingerprint density at radius 1 is 1.21 bits per heavy atom. The van der Waals surface area contributed by atoms with Crippen molar-refractivity contribution in [2.45, 2.75) is 25.3 Å². The van der Waals surface area contributed by atoms with Gasteiger partial charge in [0, 0.05) is 18.5 Å². The first-order valence-corrected chi connectivity index (χ1v) is 5.72. The number of hydrogen-bond acceptors (Lipinski definition) is 1. The summed E-state index contributed by atoms with van der Waals surface area (Å²) in [6.45, 7) is 1.12. The lowest BCUT2D eigenvalue weighted by Crippen LogP contribution is -2.46. The summed E-state index contributed by atoms with van der Waals surface area (Å²) in [7, 11) is 0. The maximum absolute atomic E-state index is 3.61. The summed E-state index contributed by atoms with van der Waals surface area (Å²) < 4.78 is 0. The van der Waals surface area contributed by atoms with Gasteiger partial charge in [0.15, 0.2) is 0 Å². The molecule has 3 atom stereocenters. The zero-order chi connectivity index (χ0) is 9.38. The van der Waals surface area contributed by atoms with E-state index in [1.807, 2.05) is 0 Å². The van der Waals surface area contributed by atoms with Crippen molar-refractivity contribution in [3.63, 3.8) is 0 Å². The van der Waals surface area contributed by atoms with Crippen LogP contribution in [0.4, 0.5) is 0 Å². The molecule has 1 saturated heterocycles. The van der Waals surface area contributed by atoms with Crippen molar-refractivity contribution in [2.24, 2.45) is 11.8 Å². The summed E-state index contributed by atoms with van der Waals surface area (Å²) in [6, 6.07) is 0.597. The van der Waals surface area contributed by atoms with Crippen LogP contribution in [0.2, 0.25) is 0 Å². The molecule has 1 aliphatic heterocycles. The third-order valence-electron chi connectivity index (χ3n) is 3.79. The molecule has 1 nitrogen and oxygen atoms in total. The Morgan fingerprint density at radius 3 is 3.14 bits per heavy atom. The number of fused-ring (bicyclic) bond motifs is 3. The molecule has 0 aromatic carbocycles. The molecule has 0 amide bonds. The van der Waals surface area contributed by atoms with E-state index >= 15 is 0 Å². The fourth-order valence-electron chi connectivity index (χ4n) is 3.05. The van der Waals surface area contributed by atoms with Gasteiger partial charge in [-0.3, -0.25) is 0 Å². The van der Waals surface area contributed by atoms with Gasteiger partial charge in [0.2, 0.25) is 0 Å². The van der Waals surface area contributed by atoms with Gasteiger partial charge in [-0.25, -0.2) is 0 Å². The first-order valence-electron chi connectivity index (χ1n) is 5.72. The van der Waals surface area contributed by atoms with Crippen molar-refractivity contribution in [3.05, 3.63) is 36.0 Å². The maximum Gasteiger partial charge on any atom is 0.0324 e. The molecule has 3 rings (SSSR count). The highest BCUT2D eigenvalue weighted by molar-refractivity contribution is 5.27. The van der Waals surface area contributed by atoms with Crippen LogP contribution in [-0.2, 0) is 0 Å². The third kappa shape index (κ3) is 1.27. The molecule has 1 heterocycles. The van der Waals surface area contributed by atoms with Gasteiger partial charge in [0.25, 0.3) is 0 Å². The van der Waals surface area contributed by atoms with E-state index in [0.717, 1.165) is 18.4 Å². The quantitative estimate of drug-likeness (QED) is 0.574. The Morgan fingerprint density at radius 2 is 2.14 bits per heavy atom. The molecular formula is C13H17N. The standard InChI is InChI=1S/C13H17N/c1-2-6-11-10(5-1)9-14-13-8-4-3-7-12(11)13/h3-5,7-8,11-14H,1-2,6,9H2. The van der Waals surface area contributed by atoms with E-state index in [1.54, 1.807) is 5.57 Å². The summed E-state index contributed by atoms with van der Waals surface area (Å²) in [5.41, 5.74) is 1.66. The van der Waals surface area contributed by atoms with Crippen LogP contribution in [0.3, 0.4) is 0 Å². The molecule has 0 spiro atoms. The zero-order valence-electron chi connectivity index (χ0n) is 8.45. The van der Waals surface area contributed by atoms with Crippen LogP contribution >= 0.6 is 0 Å². The smallest absolute Gasteiger partial charge is 0.0324 e. The Hall–Kier alpha value is -0.820. The summed E-state index contributed by atoms with van der Waals surface area (Å²) in [5, 5.41) is 3.61. The van der Waals surface area contributed by atoms with Gasteiger partial charge in [-0.05, 0) is 25.2 Å². The second kappa shape index (κ2) is 3.39. The summed E-state index contributed by atoms with van der Waals surface area (Å²) >= 11 is 0. The number of allylic oxidation sites excluding steroid dienone is 3. The molecule has 2 aliphatic carbocycles. The van der Waals surface area contributed by atoms with E-state index < -0.39 is 0 Å². The Kier molecular flexibility index (Phi) is 2.06. The molecule has 0 aromatic heterocycles. The van der Waals surface area contributed by atoms with E-state index in [-0.39, 0.29) is 0 Å². The Balaban J connectivity index is 1.90. The topological polar surface area (TPSA) is 12.0 Å². The van der Waals surface area contributed by atoms with E-state index in [9.17, 15) is 0 Å². The monoisotopic (exact) mass is 187 g/mol. The highest BCUT2D eigenvalue weighted by atomic mass is 14.9. The molecule has 74 valence electrons. The molecule has 1 heteroatoms. The van der Waals surface area contributed by atoms with Crippen LogP contribution in [0, 0.1) is 11.8 Å². The van der Waals surface area contributed by atoms with Crippen molar-refractivity contribution in [3.8, 4) is 0 Å². The van der Waals surface area contributed by atoms with E-state index in [2.05, 4.69) is 35.7 Å². The highest BCUT2D eigenvalue weighted by Gasteiger charge is 2.34. The van der Waals surface area contributed by atoms with Gasteiger partial charge in [-0.15, -0.1) is 0 Å². The van der Waals surface area contributed by atoms with Crippen LogP contribution in [0.15, 0.2) is 36.0 Å². The average Bonchev–Trinajstić information content (AvgIpc) is 2.29. The Labute approximate surface area is 85.6 Å². The van der Waals surface area contributed by atoms with Gasteiger partial charge < -0.3 is 5.32 Å². The van der Waals surface area contributed by atoms with Crippen LogP contribution in [0.1, 0.15) is 19.3 Å². The lowest BCUT2D eigenvalue weighted by Gasteiger charge is -2.41. The fourth-order valence-corrected chi connectivity index (χ4v) is 3.05. The fraction of sp³-hybridized carbons (Fsp3) is 0.538. The van der Waals surface area contributed by atoms with Crippen LogP contribution in [-0.4, -0.2) is 12.6 Å². The van der Waals surface area contributed by atoms with E-state index in [1.165, 1.54) is 19.3 Å². The van der Waals surface area contributed by atoms with Gasteiger partial charge in [0.05, 0.1) is 0 Å². The normalized spacial score (nSPS) is 40.0. The third-order valence-corrected chi connectivity index (χ3v) is 3.79. The molecule has 3 aliphatic rings. The highest BCUT2D eigenvalue weighted by Crippen LogP contribution is 2.37. The first-order chi connectivity index (χ1) is 6.95. The Bertz CT molecular complexity index is 311. The second-order valence-corrected chi connectivity index (χ2v) is 4.57. The minimum atomic E-state index is 0.597. The second-order valence-electron chi connectivity index (χ2n) is 4.57. The molecular weight excluding hydrogens is 170 g/mol. The maximum atomic E-state index is 3.61. The van der Waals surface area contributed by atoms with Crippen molar-refractivity contribution >= 4 is 0 Å². The van der Waals surface area contributed by atoms with Crippen molar-refractivity contribution in [1.82, 2.24) is 5.32 Å². The molecule has 1 fully saturated rings. The summed E-state index contributed by atoms with van der Waals surface area (Å²) in [4.78, 5) is 0. The molecule has 3 unspecified atom stereocenters. The van der Waals surface area contributed by atoms with Crippen LogP contribution in [0.5, 0.6) is 0 Å². The van der Waals surface area contributed by atoms with Crippen molar-refractivity contribution < 1.29 is 0 Å². The molecule has 14 heavy (non-hydrogen) atoms.